The van der Waals surface area contributed by atoms with E-state index in [1.165, 1.54) is 0 Å². The van der Waals surface area contributed by atoms with Crippen molar-refractivity contribution in [1.29, 1.82) is 0 Å². The van der Waals surface area contributed by atoms with Gasteiger partial charge >= 0.3 is 0 Å². The summed E-state index contributed by atoms with van der Waals surface area (Å²) >= 11 is 3.44. The van der Waals surface area contributed by atoms with Gasteiger partial charge in [0.15, 0.2) is 0 Å². The molecule has 1 atom stereocenters. The Morgan fingerprint density at radius 3 is 2.90 bits per heavy atom. The SMILES string of the molecule is CC(Br)Cc1cnccn1. The predicted octanol–water partition coefficient (Wildman–Crippen LogP) is 1.80. The van der Waals surface area contributed by atoms with Gasteiger partial charge in [-0.3, -0.25) is 9.97 Å². The van der Waals surface area contributed by atoms with Crippen LogP contribution in [-0.2, 0) is 6.42 Å². The highest BCUT2D eigenvalue weighted by Crippen LogP contribution is 2.04. The summed E-state index contributed by atoms with van der Waals surface area (Å²) in [5.74, 6) is 0. The van der Waals surface area contributed by atoms with Crippen LogP contribution in [0, 0.1) is 0 Å². The van der Waals surface area contributed by atoms with E-state index < -0.39 is 0 Å². The molecule has 3 heteroatoms. The zero-order valence-corrected chi connectivity index (χ0v) is 7.37. The molecule has 0 aliphatic heterocycles. The van der Waals surface area contributed by atoms with Crippen molar-refractivity contribution in [1.82, 2.24) is 9.97 Å². The van der Waals surface area contributed by atoms with Gasteiger partial charge < -0.3 is 0 Å². The zero-order valence-electron chi connectivity index (χ0n) is 5.79. The van der Waals surface area contributed by atoms with E-state index in [4.69, 9.17) is 0 Å². The lowest BCUT2D eigenvalue weighted by Crippen LogP contribution is -1.98. The Morgan fingerprint density at radius 2 is 2.40 bits per heavy atom. The first-order valence-corrected chi connectivity index (χ1v) is 4.09. The minimum absolute atomic E-state index is 0.476. The minimum atomic E-state index is 0.476. The standard InChI is InChI=1S/C7H9BrN2/c1-6(8)4-7-5-9-2-3-10-7/h2-3,5-6H,4H2,1H3. The van der Waals surface area contributed by atoms with Gasteiger partial charge in [0.1, 0.15) is 0 Å². The Labute approximate surface area is 68.8 Å². The van der Waals surface area contributed by atoms with Gasteiger partial charge in [0.2, 0.25) is 0 Å². The summed E-state index contributed by atoms with van der Waals surface area (Å²) in [4.78, 5) is 8.56. The molecule has 0 amide bonds. The number of rotatable bonds is 2. The highest BCUT2D eigenvalue weighted by Gasteiger charge is 1.97. The average Bonchev–Trinajstić information content (AvgIpc) is 1.88. The molecule has 0 aromatic carbocycles. The number of aromatic nitrogens is 2. The van der Waals surface area contributed by atoms with E-state index in [1.807, 2.05) is 0 Å². The normalized spacial score (nSPS) is 13.0. The molecule has 1 heterocycles. The van der Waals surface area contributed by atoms with Gasteiger partial charge in [-0.05, 0) is 0 Å². The fourth-order valence-electron chi connectivity index (χ4n) is 0.724. The molecule has 1 unspecified atom stereocenters. The lowest BCUT2D eigenvalue weighted by Gasteiger charge is -1.99. The largest absolute Gasteiger partial charge is 0.261 e. The molecule has 0 spiro atoms. The molecule has 0 aliphatic carbocycles. The van der Waals surface area contributed by atoms with E-state index in [0.717, 1.165) is 12.1 Å². The molecule has 1 rings (SSSR count). The third-order valence-electron chi connectivity index (χ3n) is 1.11. The van der Waals surface area contributed by atoms with Crippen LogP contribution in [0.5, 0.6) is 0 Å². The summed E-state index contributed by atoms with van der Waals surface area (Å²) in [6.07, 6.45) is 6.12. The second-order valence-electron chi connectivity index (χ2n) is 2.18. The molecule has 0 N–H and O–H groups in total. The highest BCUT2D eigenvalue weighted by atomic mass is 79.9. The topological polar surface area (TPSA) is 25.8 Å². The molecule has 0 bridgehead atoms. The summed E-state index contributed by atoms with van der Waals surface area (Å²) in [6.45, 7) is 2.09. The van der Waals surface area contributed by atoms with Crippen molar-refractivity contribution in [2.75, 3.05) is 0 Å². The quantitative estimate of drug-likeness (QED) is 0.682. The first kappa shape index (κ1) is 7.66. The average molecular weight is 201 g/mol. The molecule has 2 nitrogen and oxygen atoms in total. The smallest absolute Gasteiger partial charge is 0.0597 e. The van der Waals surface area contributed by atoms with E-state index in [1.54, 1.807) is 18.6 Å². The van der Waals surface area contributed by atoms with Gasteiger partial charge in [-0.15, -0.1) is 0 Å². The number of alkyl halides is 1. The first-order valence-electron chi connectivity index (χ1n) is 3.18. The van der Waals surface area contributed by atoms with Gasteiger partial charge in [-0.25, -0.2) is 0 Å². The van der Waals surface area contributed by atoms with Crippen molar-refractivity contribution in [2.45, 2.75) is 18.2 Å². The molecular weight excluding hydrogens is 192 g/mol. The number of halogens is 1. The maximum Gasteiger partial charge on any atom is 0.0597 e. The van der Waals surface area contributed by atoms with Crippen LogP contribution in [0.1, 0.15) is 12.6 Å². The number of hydrogen-bond donors (Lipinski definition) is 0. The van der Waals surface area contributed by atoms with Crippen LogP contribution in [0.25, 0.3) is 0 Å². The van der Waals surface area contributed by atoms with Gasteiger partial charge in [0, 0.05) is 29.8 Å². The number of hydrogen-bond acceptors (Lipinski definition) is 2. The Kier molecular flexibility index (Phi) is 2.81. The van der Waals surface area contributed by atoms with E-state index in [2.05, 4.69) is 32.8 Å². The summed E-state index contributed by atoms with van der Waals surface area (Å²) < 4.78 is 0. The van der Waals surface area contributed by atoms with Gasteiger partial charge in [0.25, 0.3) is 0 Å². The second kappa shape index (κ2) is 3.66. The van der Waals surface area contributed by atoms with E-state index in [9.17, 15) is 0 Å². The van der Waals surface area contributed by atoms with Crippen molar-refractivity contribution < 1.29 is 0 Å². The molecule has 0 saturated carbocycles. The van der Waals surface area contributed by atoms with Crippen molar-refractivity contribution in [3.63, 3.8) is 0 Å². The Hall–Kier alpha value is -0.440. The third kappa shape index (κ3) is 2.43. The molecule has 10 heavy (non-hydrogen) atoms. The first-order chi connectivity index (χ1) is 4.79. The van der Waals surface area contributed by atoms with Gasteiger partial charge in [0.05, 0.1) is 5.69 Å². The zero-order chi connectivity index (χ0) is 7.40. The van der Waals surface area contributed by atoms with E-state index >= 15 is 0 Å². The van der Waals surface area contributed by atoms with Crippen molar-refractivity contribution in [3.8, 4) is 0 Å². The Balaban J connectivity index is 2.59. The van der Waals surface area contributed by atoms with Crippen molar-refractivity contribution >= 4 is 15.9 Å². The molecule has 0 aliphatic rings. The van der Waals surface area contributed by atoms with Crippen LogP contribution in [0.2, 0.25) is 0 Å². The van der Waals surface area contributed by atoms with Crippen molar-refractivity contribution in [2.24, 2.45) is 0 Å². The van der Waals surface area contributed by atoms with E-state index in [0.29, 0.717) is 4.83 Å². The third-order valence-corrected chi connectivity index (χ3v) is 1.43. The van der Waals surface area contributed by atoms with Crippen LogP contribution in [0.4, 0.5) is 0 Å². The molecular formula is C7H9BrN2. The molecule has 1 aromatic rings. The summed E-state index contributed by atoms with van der Waals surface area (Å²) in [7, 11) is 0. The molecule has 0 radical (unpaired) electrons. The Bertz CT molecular complexity index is 186. The van der Waals surface area contributed by atoms with Gasteiger partial charge in [-0.1, -0.05) is 22.9 Å². The molecule has 0 fully saturated rings. The Morgan fingerprint density at radius 1 is 1.60 bits per heavy atom. The van der Waals surface area contributed by atoms with Gasteiger partial charge in [-0.2, -0.15) is 0 Å². The van der Waals surface area contributed by atoms with Crippen LogP contribution >= 0.6 is 15.9 Å². The monoisotopic (exact) mass is 200 g/mol. The van der Waals surface area contributed by atoms with E-state index in [-0.39, 0.29) is 0 Å². The summed E-state index contributed by atoms with van der Waals surface area (Å²) in [6, 6.07) is 0. The fraction of sp³-hybridized carbons (Fsp3) is 0.429. The lowest BCUT2D eigenvalue weighted by molar-refractivity contribution is 0.899. The van der Waals surface area contributed by atoms with Crippen LogP contribution in [-0.4, -0.2) is 14.8 Å². The maximum atomic E-state index is 4.13. The maximum absolute atomic E-state index is 4.13. The number of nitrogens with zero attached hydrogens (tertiary/aromatic N) is 2. The summed E-state index contributed by atoms with van der Waals surface area (Å²) in [5.41, 5.74) is 1.03. The minimum Gasteiger partial charge on any atom is -0.261 e. The molecule has 54 valence electrons. The highest BCUT2D eigenvalue weighted by molar-refractivity contribution is 9.09. The van der Waals surface area contributed by atoms with Crippen LogP contribution in [0.3, 0.4) is 0 Å². The second-order valence-corrected chi connectivity index (χ2v) is 3.74. The lowest BCUT2D eigenvalue weighted by atomic mass is 10.3. The predicted molar refractivity (Wildman–Crippen MR) is 44.1 cm³/mol. The summed E-state index contributed by atoms with van der Waals surface area (Å²) in [5, 5.41) is 0. The van der Waals surface area contributed by atoms with Crippen LogP contribution in [0.15, 0.2) is 18.6 Å². The van der Waals surface area contributed by atoms with Crippen LogP contribution < -0.4 is 0 Å². The molecule has 1 aromatic heterocycles. The fourth-order valence-corrected chi connectivity index (χ4v) is 1.06. The molecule has 0 saturated heterocycles. The van der Waals surface area contributed by atoms with Crippen molar-refractivity contribution in [3.05, 3.63) is 24.3 Å².